The van der Waals surface area contributed by atoms with E-state index >= 15 is 0 Å². The van der Waals surface area contributed by atoms with E-state index < -0.39 is 5.97 Å². The average molecular weight is 187 g/mol. The van der Waals surface area contributed by atoms with Gasteiger partial charge < -0.3 is 9.84 Å². The van der Waals surface area contributed by atoms with Crippen LogP contribution in [0.1, 0.15) is 19.8 Å². The van der Waals surface area contributed by atoms with Gasteiger partial charge in [0.15, 0.2) is 0 Å². The maximum absolute atomic E-state index is 10.9. The molecule has 0 saturated carbocycles. The molecule has 1 rings (SSSR count). The Kier molecular flexibility index (Phi) is 4.18. The lowest BCUT2D eigenvalue weighted by Gasteiger charge is -2.31. The second-order valence-corrected chi connectivity index (χ2v) is 3.29. The summed E-state index contributed by atoms with van der Waals surface area (Å²) < 4.78 is 5.17. The minimum Gasteiger partial charge on any atom is -0.480 e. The van der Waals surface area contributed by atoms with Crippen molar-refractivity contribution in [3.05, 3.63) is 0 Å². The second kappa shape index (κ2) is 5.19. The third-order valence-electron chi connectivity index (χ3n) is 2.33. The van der Waals surface area contributed by atoms with Crippen LogP contribution >= 0.6 is 0 Å². The first-order chi connectivity index (χ1) is 6.25. The Bertz CT molecular complexity index is 166. The monoisotopic (exact) mass is 187 g/mol. The first kappa shape index (κ1) is 10.5. The molecule has 76 valence electrons. The van der Waals surface area contributed by atoms with Crippen LogP contribution in [0.5, 0.6) is 0 Å². The molecule has 0 aromatic heterocycles. The number of carboxylic acid groups (broad SMARTS) is 1. The molecule has 1 fully saturated rings. The molecule has 1 heterocycles. The molecular weight excluding hydrogens is 170 g/mol. The van der Waals surface area contributed by atoms with Crippen molar-refractivity contribution in [2.24, 2.45) is 0 Å². The number of hydrogen-bond donors (Lipinski definition) is 1. The van der Waals surface area contributed by atoms with Crippen LogP contribution in [-0.4, -0.2) is 48.3 Å². The maximum atomic E-state index is 10.9. The van der Waals surface area contributed by atoms with Crippen LogP contribution in [0.3, 0.4) is 0 Å². The maximum Gasteiger partial charge on any atom is 0.320 e. The number of nitrogens with zero attached hydrogens (tertiary/aromatic N) is 1. The van der Waals surface area contributed by atoms with Crippen molar-refractivity contribution in [1.82, 2.24) is 4.90 Å². The van der Waals surface area contributed by atoms with Crippen molar-refractivity contribution in [2.75, 3.05) is 26.3 Å². The largest absolute Gasteiger partial charge is 0.480 e. The van der Waals surface area contributed by atoms with Gasteiger partial charge in [0.25, 0.3) is 0 Å². The van der Waals surface area contributed by atoms with Gasteiger partial charge in [-0.25, -0.2) is 0 Å². The Morgan fingerprint density at radius 3 is 2.62 bits per heavy atom. The molecule has 1 atom stereocenters. The minimum atomic E-state index is -0.705. The van der Waals surface area contributed by atoms with E-state index in [2.05, 4.69) is 0 Å². The fourth-order valence-electron chi connectivity index (χ4n) is 1.62. The van der Waals surface area contributed by atoms with Crippen molar-refractivity contribution in [2.45, 2.75) is 25.8 Å². The third kappa shape index (κ3) is 2.97. The van der Waals surface area contributed by atoms with E-state index in [0.717, 1.165) is 25.9 Å². The van der Waals surface area contributed by atoms with E-state index in [1.807, 2.05) is 11.8 Å². The van der Waals surface area contributed by atoms with Gasteiger partial charge in [-0.15, -0.1) is 0 Å². The van der Waals surface area contributed by atoms with E-state index in [0.29, 0.717) is 13.2 Å². The number of carbonyl (C=O) groups is 1. The predicted octanol–water partition coefficient (Wildman–Crippen LogP) is 0.572. The molecule has 1 saturated heterocycles. The van der Waals surface area contributed by atoms with Gasteiger partial charge in [0.05, 0.1) is 13.2 Å². The molecule has 0 aromatic rings. The standard InChI is InChI=1S/C9H17NO3/c1-2-3-8(9(11)12)10-4-6-13-7-5-10/h8H,2-7H2,1H3,(H,11,12)/t8-/m0/s1. The fraction of sp³-hybridized carbons (Fsp3) is 0.889. The number of hydrogen-bond acceptors (Lipinski definition) is 3. The minimum absolute atomic E-state index is 0.311. The predicted molar refractivity (Wildman–Crippen MR) is 48.7 cm³/mol. The van der Waals surface area contributed by atoms with Gasteiger partial charge in [-0.3, -0.25) is 9.69 Å². The summed E-state index contributed by atoms with van der Waals surface area (Å²) in [5, 5.41) is 8.97. The van der Waals surface area contributed by atoms with Crippen molar-refractivity contribution < 1.29 is 14.6 Å². The highest BCUT2D eigenvalue weighted by molar-refractivity contribution is 5.73. The zero-order valence-electron chi connectivity index (χ0n) is 8.03. The number of carboxylic acids is 1. The third-order valence-corrected chi connectivity index (χ3v) is 2.33. The van der Waals surface area contributed by atoms with Crippen LogP contribution in [-0.2, 0) is 9.53 Å². The van der Waals surface area contributed by atoms with Gasteiger partial charge in [-0.2, -0.15) is 0 Å². The summed E-state index contributed by atoms with van der Waals surface area (Å²) in [4.78, 5) is 12.9. The molecule has 1 aliphatic rings. The quantitative estimate of drug-likeness (QED) is 0.699. The summed E-state index contributed by atoms with van der Waals surface area (Å²) in [7, 11) is 0. The first-order valence-electron chi connectivity index (χ1n) is 4.80. The summed E-state index contributed by atoms with van der Waals surface area (Å²) in [6.45, 7) is 4.82. The Labute approximate surface area is 78.5 Å². The lowest BCUT2D eigenvalue weighted by Crippen LogP contribution is -2.47. The van der Waals surface area contributed by atoms with Crippen molar-refractivity contribution in [1.29, 1.82) is 0 Å². The zero-order chi connectivity index (χ0) is 9.68. The number of ether oxygens (including phenoxy) is 1. The van der Waals surface area contributed by atoms with Crippen LogP contribution in [0, 0.1) is 0 Å². The van der Waals surface area contributed by atoms with Crippen LogP contribution in [0.2, 0.25) is 0 Å². The molecule has 0 aliphatic carbocycles. The summed E-state index contributed by atoms with van der Waals surface area (Å²) in [6, 6.07) is -0.311. The van der Waals surface area contributed by atoms with Crippen molar-refractivity contribution in [3.8, 4) is 0 Å². The molecule has 1 aliphatic heterocycles. The van der Waals surface area contributed by atoms with Crippen LogP contribution < -0.4 is 0 Å². The highest BCUT2D eigenvalue weighted by atomic mass is 16.5. The highest BCUT2D eigenvalue weighted by Crippen LogP contribution is 2.09. The molecule has 0 unspecified atom stereocenters. The van der Waals surface area contributed by atoms with Gasteiger partial charge in [-0.1, -0.05) is 13.3 Å². The Balaban J connectivity index is 2.46. The van der Waals surface area contributed by atoms with E-state index in [1.165, 1.54) is 0 Å². The van der Waals surface area contributed by atoms with E-state index in [9.17, 15) is 4.79 Å². The first-order valence-corrected chi connectivity index (χ1v) is 4.80. The molecule has 4 heteroatoms. The van der Waals surface area contributed by atoms with Gasteiger partial charge in [0, 0.05) is 13.1 Å². The summed E-state index contributed by atoms with van der Waals surface area (Å²) in [5.41, 5.74) is 0. The number of morpholine rings is 1. The molecule has 0 radical (unpaired) electrons. The van der Waals surface area contributed by atoms with Crippen LogP contribution in [0.25, 0.3) is 0 Å². The molecule has 13 heavy (non-hydrogen) atoms. The topological polar surface area (TPSA) is 49.8 Å². The van der Waals surface area contributed by atoms with Crippen LogP contribution in [0.15, 0.2) is 0 Å². The normalized spacial score (nSPS) is 21.3. The summed E-state index contributed by atoms with van der Waals surface area (Å²) in [5.74, 6) is -0.705. The molecule has 0 spiro atoms. The number of aliphatic carboxylic acids is 1. The van der Waals surface area contributed by atoms with Gasteiger partial charge >= 0.3 is 5.97 Å². The molecule has 0 aromatic carbocycles. The van der Waals surface area contributed by atoms with E-state index in [-0.39, 0.29) is 6.04 Å². The molecule has 4 nitrogen and oxygen atoms in total. The lowest BCUT2D eigenvalue weighted by atomic mass is 10.1. The average Bonchev–Trinajstić information content (AvgIpc) is 2.15. The Morgan fingerprint density at radius 1 is 1.54 bits per heavy atom. The Morgan fingerprint density at radius 2 is 2.15 bits per heavy atom. The summed E-state index contributed by atoms with van der Waals surface area (Å²) >= 11 is 0. The smallest absolute Gasteiger partial charge is 0.320 e. The van der Waals surface area contributed by atoms with Crippen LogP contribution in [0.4, 0.5) is 0 Å². The van der Waals surface area contributed by atoms with E-state index in [1.54, 1.807) is 0 Å². The van der Waals surface area contributed by atoms with Gasteiger partial charge in [-0.05, 0) is 6.42 Å². The molecule has 0 bridgehead atoms. The molecule has 1 N–H and O–H groups in total. The molecular formula is C9H17NO3. The van der Waals surface area contributed by atoms with Gasteiger partial charge in [0.2, 0.25) is 0 Å². The van der Waals surface area contributed by atoms with Crippen molar-refractivity contribution >= 4 is 5.97 Å². The fourth-order valence-corrected chi connectivity index (χ4v) is 1.62. The van der Waals surface area contributed by atoms with Crippen molar-refractivity contribution in [3.63, 3.8) is 0 Å². The van der Waals surface area contributed by atoms with Gasteiger partial charge in [0.1, 0.15) is 6.04 Å². The lowest BCUT2D eigenvalue weighted by molar-refractivity contribution is -0.145. The highest BCUT2D eigenvalue weighted by Gasteiger charge is 2.25. The molecule has 0 amide bonds. The summed E-state index contributed by atoms with van der Waals surface area (Å²) in [6.07, 6.45) is 1.64. The SMILES string of the molecule is CCC[C@@H](C(=O)O)N1CCOCC1. The van der Waals surface area contributed by atoms with E-state index in [4.69, 9.17) is 9.84 Å². The Hall–Kier alpha value is -0.610. The zero-order valence-corrected chi connectivity index (χ0v) is 8.03. The second-order valence-electron chi connectivity index (χ2n) is 3.29. The number of rotatable bonds is 4.